The van der Waals surface area contributed by atoms with Crippen molar-refractivity contribution in [3.8, 4) is 11.8 Å². The third-order valence-corrected chi connectivity index (χ3v) is 7.05. The van der Waals surface area contributed by atoms with Gasteiger partial charge < -0.3 is 15.4 Å². The smallest absolute Gasteiger partial charge is 0.267 e. The number of nitrogens with one attached hydrogen (secondary N) is 1. The number of benzene rings is 1. The van der Waals surface area contributed by atoms with Gasteiger partial charge in [0.25, 0.3) is 5.56 Å². The molecular formula is C23H25ClN6O2. The molecule has 0 aliphatic carbocycles. The summed E-state index contributed by atoms with van der Waals surface area (Å²) in [5.41, 5.74) is 7.83. The lowest BCUT2D eigenvalue weighted by atomic mass is 9.73. The van der Waals surface area contributed by atoms with Gasteiger partial charge in [0, 0.05) is 42.2 Å². The Morgan fingerprint density at radius 3 is 2.78 bits per heavy atom. The number of aromatic nitrogens is 4. The Morgan fingerprint density at radius 1 is 1.31 bits per heavy atom. The molecule has 0 amide bonds. The molecule has 2 saturated heterocycles. The average molecular weight is 453 g/mol. The van der Waals surface area contributed by atoms with E-state index in [1.54, 1.807) is 23.7 Å². The highest BCUT2D eigenvalue weighted by atomic mass is 35.5. The average Bonchev–Trinajstić information content (AvgIpc) is 3.32. The van der Waals surface area contributed by atoms with Gasteiger partial charge in [0.2, 0.25) is 5.95 Å². The minimum Gasteiger partial charge on any atom is -0.376 e. The second kappa shape index (κ2) is 7.93. The van der Waals surface area contributed by atoms with Crippen molar-refractivity contribution in [1.82, 2.24) is 19.7 Å². The lowest BCUT2D eigenvalue weighted by molar-refractivity contribution is 0.0973. The van der Waals surface area contributed by atoms with Crippen molar-refractivity contribution in [3.05, 3.63) is 50.9 Å². The molecule has 3 N–H and O–H groups in total. The first-order valence-corrected chi connectivity index (χ1v) is 11.1. The van der Waals surface area contributed by atoms with Crippen LogP contribution < -0.4 is 16.2 Å². The van der Waals surface area contributed by atoms with Crippen LogP contribution in [0.4, 0.5) is 5.95 Å². The maximum Gasteiger partial charge on any atom is 0.267 e. The third kappa shape index (κ3) is 3.47. The van der Waals surface area contributed by atoms with Crippen LogP contribution in [0.5, 0.6) is 0 Å². The van der Waals surface area contributed by atoms with Crippen molar-refractivity contribution < 1.29 is 4.74 Å². The van der Waals surface area contributed by atoms with E-state index in [-0.39, 0.29) is 23.1 Å². The van der Waals surface area contributed by atoms with Crippen molar-refractivity contribution in [1.29, 1.82) is 0 Å². The zero-order valence-corrected chi connectivity index (χ0v) is 18.8. The predicted octanol–water partition coefficient (Wildman–Crippen LogP) is 2.04. The number of nitrogens with zero attached hydrogens (tertiary/aromatic N) is 4. The Bertz CT molecular complexity index is 1300. The molecule has 166 valence electrons. The Labute approximate surface area is 190 Å². The number of hydrogen-bond donors (Lipinski definition) is 2. The summed E-state index contributed by atoms with van der Waals surface area (Å²) in [5, 5.41) is 8.11. The highest BCUT2D eigenvalue weighted by Crippen LogP contribution is 2.41. The summed E-state index contributed by atoms with van der Waals surface area (Å²) >= 11 is 6.02. The maximum atomic E-state index is 13.2. The fourth-order valence-electron chi connectivity index (χ4n) is 4.75. The molecule has 2 atom stereocenters. The molecule has 0 radical (unpaired) electrons. The van der Waals surface area contributed by atoms with Crippen molar-refractivity contribution >= 4 is 28.6 Å². The summed E-state index contributed by atoms with van der Waals surface area (Å²) in [6, 6.07) is 7.28. The zero-order valence-electron chi connectivity index (χ0n) is 18.1. The number of fused-ring (bicyclic) bond motifs is 1. The minimum absolute atomic E-state index is 0.00989. The van der Waals surface area contributed by atoms with Gasteiger partial charge in [-0.1, -0.05) is 23.6 Å². The molecule has 2 aliphatic heterocycles. The first kappa shape index (κ1) is 21.0. The van der Waals surface area contributed by atoms with Crippen LogP contribution in [0.2, 0.25) is 5.02 Å². The highest BCUT2D eigenvalue weighted by molar-refractivity contribution is 6.30. The van der Waals surface area contributed by atoms with Gasteiger partial charge in [0.1, 0.15) is 5.39 Å². The van der Waals surface area contributed by atoms with Crippen molar-refractivity contribution in [2.45, 2.75) is 31.9 Å². The van der Waals surface area contributed by atoms with Gasteiger partial charge >= 0.3 is 0 Å². The summed E-state index contributed by atoms with van der Waals surface area (Å²) in [6.45, 7) is 4.27. The SMILES string of the molecule is C[C@@H]1OCC2(CCN(c3nc4[nH]nc(C#Cc5cccc(Cl)c5)c4c(=O)n3C)CC2)[C@@H]1N. The van der Waals surface area contributed by atoms with E-state index in [4.69, 9.17) is 27.1 Å². The molecule has 8 nitrogen and oxygen atoms in total. The van der Waals surface area contributed by atoms with Crippen LogP contribution in [0.25, 0.3) is 11.0 Å². The minimum atomic E-state index is -0.177. The van der Waals surface area contributed by atoms with Crippen LogP contribution in [0, 0.1) is 17.3 Å². The molecule has 4 heterocycles. The van der Waals surface area contributed by atoms with E-state index >= 15 is 0 Å². The van der Waals surface area contributed by atoms with E-state index < -0.39 is 0 Å². The van der Waals surface area contributed by atoms with Gasteiger partial charge in [-0.25, -0.2) is 0 Å². The Kier molecular flexibility index (Phi) is 5.20. The molecule has 0 unspecified atom stereocenters. The Balaban J connectivity index is 1.44. The number of hydrogen-bond acceptors (Lipinski definition) is 6. The monoisotopic (exact) mass is 452 g/mol. The predicted molar refractivity (Wildman–Crippen MR) is 124 cm³/mol. The quantitative estimate of drug-likeness (QED) is 0.548. The number of rotatable bonds is 1. The van der Waals surface area contributed by atoms with Gasteiger partial charge in [-0.2, -0.15) is 10.1 Å². The van der Waals surface area contributed by atoms with Crippen molar-refractivity contribution in [2.75, 3.05) is 24.6 Å². The molecule has 9 heteroatoms. The summed E-state index contributed by atoms with van der Waals surface area (Å²) in [5.74, 6) is 6.61. The van der Waals surface area contributed by atoms with Gasteiger partial charge in [0.15, 0.2) is 11.3 Å². The topological polar surface area (TPSA) is 102 Å². The molecule has 3 aromatic rings. The van der Waals surface area contributed by atoms with E-state index in [0.717, 1.165) is 31.5 Å². The lowest BCUT2D eigenvalue weighted by Gasteiger charge is -2.41. The second-order valence-electron chi connectivity index (χ2n) is 8.72. The van der Waals surface area contributed by atoms with Gasteiger partial charge in [-0.3, -0.25) is 14.5 Å². The number of anilines is 1. The molecule has 0 bridgehead atoms. The highest BCUT2D eigenvalue weighted by Gasteiger charge is 2.47. The normalized spacial score (nSPS) is 22.3. The summed E-state index contributed by atoms with van der Waals surface area (Å²) in [7, 11) is 1.74. The zero-order chi connectivity index (χ0) is 22.5. The first-order chi connectivity index (χ1) is 15.4. The number of halogens is 1. The molecule has 32 heavy (non-hydrogen) atoms. The fourth-order valence-corrected chi connectivity index (χ4v) is 4.94. The summed E-state index contributed by atoms with van der Waals surface area (Å²) < 4.78 is 7.39. The van der Waals surface area contributed by atoms with Crippen molar-refractivity contribution in [2.24, 2.45) is 18.2 Å². The Morgan fingerprint density at radius 2 is 2.09 bits per heavy atom. The molecule has 1 spiro atoms. The molecule has 5 rings (SSSR count). The number of H-pyrrole nitrogens is 1. The molecule has 2 fully saturated rings. The van der Waals surface area contributed by atoms with Crippen LogP contribution >= 0.6 is 11.6 Å². The Hall–Kier alpha value is -2.86. The molecule has 1 aromatic carbocycles. The van der Waals surface area contributed by atoms with Gasteiger partial charge in [0.05, 0.1) is 12.7 Å². The molecule has 0 saturated carbocycles. The fraction of sp³-hybridized carbons (Fsp3) is 0.435. The molecular weight excluding hydrogens is 428 g/mol. The summed E-state index contributed by atoms with van der Waals surface area (Å²) in [6.07, 6.45) is 1.90. The molecule has 2 aliphatic rings. The van der Waals surface area contributed by atoms with Crippen molar-refractivity contribution in [3.63, 3.8) is 0 Å². The van der Waals surface area contributed by atoms with E-state index in [0.29, 0.717) is 34.3 Å². The van der Waals surface area contributed by atoms with Gasteiger partial charge in [-0.05, 0) is 43.9 Å². The van der Waals surface area contributed by atoms with Crippen LogP contribution in [-0.2, 0) is 11.8 Å². The van der Waals surface area contributed by atoms with E-state index in [1.165, 1.54) is 0 Å². The number of aromatic amines is 1. The van der Waals surface area contributed by atoms with Gasteiger partial charge in [-0.15, -0.1) is 0 Å². The second-order valence-corrected chi connectivity index (χ2v) is 9.16. The standard InChI is InChI=1S/C23H25ClN6O2/c1-14-19(25)23(13-32-14)8-10-30(11-9-23)22-26-20-18(21(31)29(22)2)17(27-28-20)7-6-15-4-3-5-16(24)12-15/h3-5,12,14,19H,8-11,13,25H2,1-2H3,(H,27,28)/t14-,19+/m0/s1. The van der Waals surface area contributed by atoms with Crippen LogP contribution in [0.1, 0.15) is 31.0 Å². The van der Waals surface area contributed by atoms with E-state index in [1.807, 2.05) is 19.1 Å². The molecule has 2 aromatic heterocycles. The number of ether oxygens (including phenoxy) is 1. The van der Waals surface area contributed by atoms with E-state index in [9.17, 15) is 4.79 Å². The van der Waals surface area contributed by atoms with Crippen LogP contribution in [0.15, 0.2) is 29.1 Å². The third-order valence-electron chi connectivity index (χ3n) is 6.82. The number of piperidine rings is 1. The summed E-state index contributed by atoms with van der Waals surface area (Å²) in [4.78, 5) is 20.0. The first-order valence-electron chi connectivity index (χ1n) is 10.7. The maximum absolute atomic E-state index is 13.2. The number of nitrogens with two attached hydrogens (primary N) is 1. The van der Waals surface area contributed by atoms with Crippen LogP contribution in [-0.4, -0.2) is 51.6 Å². The lowest BCUT2D eigenvalue weighted by Crippen LogP contribution is -2.51. The van der Waals surface area contributed by atoms with E-state index in [2.05, 4.69) is 26.9 Å². The van der Waals surface area contributed by atoms with Crippen LogP contribution in [0.3, 0.4) is 0 Å². The largest absolute Gasteiger partial charge is 0.376 e.